The van der Waals surface area contributed by atoms with Gasteiger partial charge < -0.3 is 9.88 Å². The van der Waals surface area contributed by atoms with Gasteiger partial charge in [-0.2, -0.15) is 5.10 Å². The highest BCUT2D eigenvalue weighted by atomic mass is 16.1. The number of para-hydroxylation sites is 2. The van der Waals surface area contributed by atoms with Crippen LogP contribution in [0.25, 0.3) is 11.0 Å². The van der Waals surface area contributed by atoms with Crippen LogP contribution in [-0.2, 0) is 17.9 Å². The lowest BCUT2D eigenvalue weighted by Gasteiger charge is -2.10. The van der Waals surface area contributed by atoms with Gasteiger partial charge >= 0.3 is 0 Å². The van der Waals surface area contributed by atoms with E-state index in [1.807, 2.05) is 48.3 Å². The third-order valence-electron chi connectivity index (χ3n) is 4.35. The molecule has 1 fully saturated rings. The van der Waals surface area contributed by atoms with Gasteiger partial charge in [0, 0.05) is 18.7 Å². The van der Waals surface area contributed by atoms with Crippen LogP contribution >= 0.6 is 0 Å². The van der Waals surface area contributed by atoms with Crippen LogP contribution < -0.4 is 5.32 Å². The minimum absolute atomic E-state index is 0.0175. The molecule has 0 bridgehead atoms. The zero-order valence-corrected chi connectivity index (χ0v) is 13.8. The Bertz CT molecular complexity index is 875. The fourth-order valence-corrected chi connectivity index (χ4v) is 3.01. The predicted octanol–water partition coefficient (Wildman–Crippen LogP) is 2.24. The lowest BCUT2D eigenvalue weighted by Crippen LogP contribution is -2.31. The molecular formula is C18H21N5O. The molecule has 6 nitrogen and oxygen atoms in total. The van der Waals surface area contributed by atoms with Crippen molar-refractivity contribution >= 4 is 16.9 Å². The molecule has 124 valence electrons. The molecule has 6 heteroatoms. The van der Waals surface area contributed by atoms with Crippen LogP contribution in [0.3, 0.4) is 0 Å². The number of nitrogens with one attached hydrogen (secondary N) is 1. The Morgan fingerprint density at radius 3 is 2.92 bits per heavy atom. The lowest BCUT2D eigenvalue weighted by atomic mass is 10.3. The molecule has 4 rings (SSSR count). The molecule has 2 heterocycles. The fraction of sp³-hybridized carbons (Fsp3) is 0.389. The maximum Gasteiger partial charge on any atom is 0.240 e. The van der Waals surface area contributed by atoms with E-state index in [-0.39, 0.29) is 5.91 Å². The van der Waals surface area contributed by atoms with Crippen molar-refractivity contribution in [3.8, 4) is 0 Å². The molecule has 0 spiro atoms. The Morgan fingerprint density at radius 2 is 2.17 bits per heavy atom. The molecule has 1 aliphatic rings. The van der Waals surface area contributed by atoms with Gasteiger partial charge in [-0.15, -0.1) is 0 Å². The second-order valence-electron chi connectivity index (χ2n) is 6.45. The van der Waals surface area contributed by atoms with Crippen molar-refractivity contribution in [2.75, 3.05) is 6.54 Å². The van der Waals surface area contributed by atoms with Crippen LogP contribution in [0.4, 0.5) is 0 Å². The number of fused-ring (bicyclic) bond motifs is 1. The van der Waals surface area contributed by atoms with Crippen molar-refractivity contribution in [1.82, 2.24) is 24.6 Å². The minimum atomic E-state index is 0.0175. The first-order chi connectivity index (χ1) is 11.7. The first-order valence-corrected chi connectivity index (χ1v) is 8.41. The average Bonchev–Trinajstić information content (AvgIpc) is 3.24. The van der Waals surface area contributed by atoms with E-state index in [9.17, 15) is 4.79 Å². The number of amides is 1. The van der Waals surface area contributed by atoms with Gasteiger partial charge in [-0.25, -0.2) is 4.98 Å². The van der Waals surface area contributed by atoms with Gasteiger partial charge in [0.2, 0.25) is 5.91 Å². The van der Waals surface area contributed by atoms with Crippen LogP contribution in [0.1, 0.15) is 30.1 Å². The summed E-state index contributed by atoms with van der Waals surface area (Å²) >= 11 is 0. The van der Waals surface area contributed by atoms with Gasteiger partial charge in [-0.05, 0) is 37.5 Å². The van der Waals surface area contributed by atoms with Crippen molar-refractivity contribution in [1.29, 1.82) is 0 Å². The molecule has 2 aromatic heterocycles. The normalized spacial score (nSPS) is 14.2. The van der Waals surface area contributed by atoms with E-state index in [2.05, 4.69) is 15.0 Å². The molecule has 0 radical (unpaired) electrons. The third kappa shape index (κ3) is 3.04. The van der Waals surface area contributed by atoms with Gasteiger partial charge in [0.25, 0.3) is 0 Å². The summed E-state index contributed by atoms with van der Waals surface area (Å²) in [4.78, 5) is 17.1. The third-order valence-corrected chi connectivity index (χ3v) is 4.35. The molecule has 0 unspecified atom stereocenters. The number of hydrogen-bond acceptors (Lipinski definition) is 3. The summed E-state index contributed by atoms with van der Waals surface area (Å²) in [6.07, 6.45) is 6.13. The second-order valence-corrected chi connectivity index (χ2v) is 6.45. The number of aromatic nitrogens is 4. The zero-order chi connectivity index (χ0) is 16.5. The largest absolute Gasteiger partial charge is 0.353 e. The topological polar surface area (TPSA) is 64.7 Å². The molecule has 0 aliphatic heterocycles. The quantitative estimate of drug-likeness (QED) is 0.756. The number of rotatable bonds is 6. The van der Waals surface area contributed by atoms with Crippen molar-refractivity contribution in [2.45, 2.75) is 38.8 Å². The van der Waals surface area contributed by atoms with E-state index < -0.39 is 0 Å². The monoisotopic (exact) mass is 323 g/mol. The van der Waals surface area contributed by atoms with Crippen LogP contribution in [0.5, 0.6) is 0 Å². The van der Waals surface area contributed by atoms with E-state index in [1.165, 1.54) is 12.8 Å². The molecule has 1 aromatic carbocycles. The number of carbonyl (C=O) groups is 1. The van der Waals surface area contributed by atoms with Crippen molar-refractivity contribution in [3.63, 3.8) is 0 Å². The maximum absolute atomic E-state index is 12.4. The Labute approximate surface area is 140 Å². The molecular weight excluding hydrogens is 302 g/mol. The molecule has 1 N–H and O–H groups in total. The van der Waals surface area contributed by atoms with Crippen molar-refractivity contribution in [3.05, 3.63) is 48.0 Å². The van der Waals surface area contributed by atoms with Gasteiger partial charge in [-0.3, -0.25) is 9.48 Å². The number of aryl methyl sites for hydroxylation is 1. The average molecular weight is 323 g/mol. The standard InChI is InChI=1S/C18H21N5O/c1-13-10-20-22(11-13)9-8-19-17(24)12-23-16-5-3-2-4-15(16)21-18(23)14-6-7-14/h2-5,10-11,14H,6-9,12H2,1H3,(H,19,24). The molecule has 24 heavy (non-hydrogen) atoms. The van der Waals surface area contributed by atoms with E-state index in [0.717, 1.165) is 22.4 Å². The lowest BCUT2D eigenvalue weighted by molar-refractivity contribution is -0.121. The Hall–Kier alpha value is -2.63. The highest BCUT2D eigenvalue weighted by Crippen LogP contribution is 2.40. The van der Waals surface area contributed by atoms with E-state index in [0.29, 0.717) is 25.6 Å². The number of carbonyl (C=O) groups excluding carboxylic acids is 1. The Morgan fingerprint density at radius 1 is 1.33 bits per heavy atom. The molecule has 0 saturated heterocycles. The summed E-state index contributed by atoms with van der Waals surface area (Å²) in [6, 6.07) is 8.03. The highest BCUT2D eigenvalue weighted by Gasteiger charge is 2.30. The number of imidazole rings is 1. The van der Waals surface area contributed by atoms with Gasteiger partial charge in [0.15, 0.2) is 0 Å². The summed E-state index contributed by atoms with van der Waals surface area (Å²) in [5.41, 5.74) is 3.14. The summed E-state index contributed by atoms with van der Waals surface area (Å²) in [7, 11) is 0. The second kappa shape index (κ2) is 6.11. The molecule has 1 amide bonds. The van der Waals surface area contributed by atoms with Crippen molar-refractivity contribution < 1.29 is 4.79 Å². The summed E-state index contributed by atoms with van der Waals surface area (Å²) in [5, 5.41) is 7.21. The molecule has 3 aromatic rings. The van der Waals surface area contributed by atoms with Crippen LogP contribution in [-0.4, -0.2) is 31.8 Å². The Balaban J connectivity index is 1.43. The maximum atomic E-state index is 12.4. The SMILES string of the molecule is Cc1cnn(CCNC(=O)Cn2c(C3CC3)nc3ccccc32)c1. The Kier molecular flexibility index (Phi) is 3.80. The molecule has 1 aliphatic carbocycles. The predicted molar refractivity (Wildman–Crippen MR) is 91.7 cm³/mol. The van der Waals surface area contributed by atoms with E-state index in [4.69, 9.17) is 4.98 Å². The minimum Gasteiger partial charge on any atom is -0.353 e. The fourth-order valence-electron chi connectivity index (χ4n) is 3.01. The van der Waals surface area contributed by atoms with Crippen LogP contribution in [0.15, 0.2) is 36.7 Å². The summed E-state index contributed by atoms with van der Waals surface area (Å²) in [5.74, 6) is 1.58. The van der Waals surface area contributed by atoms with Crippen LogP contribution in [0.2, 0.25) is 0 Å². The zero-order valence-electron chi connectivity index (χ0n) is 13.8. The van der Waals surface area contributed by atoms with E-state index in [1.54, 1.807) is 0 Å². The smallest absolute Gasteiger partial charge is 0.240 e. The van der Waals surface area contributed by atoms with Gasteiger partial charge in [0.05, 0.1) is 23.8 Å². The van der Waals surface area contributed by atoms with Crippen molar-refractivity contribution in [2.24, 2.45) is 0 Å². The summed E-state index contributed by atoms with van der Waals surface area (Å²) < 4.78 is 3.91. The first-order valence-electron chi connectivity index (χ1n) is 8.41. The summed E-state index contributed by atoms with van der Waals surface area (Å²) in [6.45, 7) is 3.58. The van der Waals surface area contributed by atoms with Gasteiger partial charge in [0.1, 0.15) is 12.4 Å². The number of hydrogen-bond donors (Lipinski definition) is 1. The molecule has 0 atom stereocenters. The molecule has 1 saturated carbocycles. The van der Waals surface area contributed by atoms with E-state index >= 15 is 0 Å². The number of nitrogens with zero attached hydrogens (tertiary/aromatic N) is 4. The highest BCUT2D eigenvalue weighted by molar-refractivity contribution is 5.81. The van der Waals surface area contributed by atoms with Crippen LogP contribution in [0, 0.1) is 6.92 Å². The van der Waals surface area contributed by atoms with Gasteiger partial charge in [-0.1, -0.05) is 12.1 Å². The number of benzene rings is 1. The first kappa shape index (κ1) is 14.9.